The highest BCUT2D eigenvalue weighted by atomic mass is 32.2. The highest BCUT2D eigenvalue weighted by molar-refractivity contribution is 8.00. The van der Waals surface area contributed by atoms with Crippen molar-refractivity contribution in [1.82, 2.24) is 14.2 Å². The summed E-state index contributed by atoms with van der Waals surface area (Å²) in [5.74, 6) is -1.62. The van der Waals surface area contributed by atoms with Crippen LogP contribution in [0, 0.1) is 0 Å². The summed E-state index contributed by atoms with van der Waals surface area (Å²) < 4.78 is 2.03. The number of carboxylic acids is 1. The van der Waals surface area contributed by atoms with Gasteiger partial charge in [-0.2, -0.15) is 0 Å². The number of carboxylic acid groups (broad SMARTS) is 1. The van der Waals surface area contributed by atoms with Crippen LogP contribution in [0.25, 0.3) is 5.65 Å². The number of carbonyl (C=O) groups is 2. The van der Waals surface area contributed by atoms with Crippen molar-refractivity contribution in [3.63, 3.8) is 0 Å². The van der Waals surface area contributed by atoms with Crippen molar-refractivity contribution in [2.75, 3.05) is 11.5 Å². The van der Waals surface area contributed by atoms with Gasteiger partial charge in [0.2, 0.25) is 0 Å². The van der Waals surface area contributed by atoms with E-state index in [0.29, 0.717) is 5.65 Å². The van der Waals surface area contributed by atoms with Crippen molar-refractivity contribution in [2.24, 2.45) is 5.73 Å². The largest absolute Gasteiger partial charge is 0.480 e. The Kier molecular flexibility index (Phi) is 4.20. The number of hydrogen-bond acceptors (Lipinski definition) is 6. The van der Waals surface area contributed by atoms with Crippen LogP contribution < -0.4 is 11.4 Å². The normalized spacial score (nSPS) is 12.4. The Morgan fingerprint density at radius 3 is 2.85 bits per heavy atom. The Morgan fingerprint density at radius 1 is 1.45 bits per heavy atom. The van der Waals surface area contributed by atoms with E-state index in [9.17, 15) is 14.4 Å². The van der Waals surface area contributed by atoms with Gasteiger partial charge in [0, 0.05) is 11.9 Å². The molecule has 0 spiro atoms. The number of carbonyl (C=O) groups excluding carboxylic acids is 1. The van der Waals surface area contributed by atoms with E-state index in [-0.39, 0.29) is 11.5 Å². The fourth-order valence-corrected chi connectivity index (χ4v) is 2.30. The minimum Gasteiger partial charge on any atom is -0.480 e. The number of pyridine rings is 1. The Labute approximate surface area is 117 Å². The molecule has 0 aliphatic heterocycles. The van der Waals surface area contributed by atoms with Gasteiger partial charge in [0.25, 0.3) is 5.91 Å². The number of hydrogen-bond donors (Lipinski definition) is 2. The lowest BCUT2D eigenvalue weighted by atomic mass is 10.4. The number of rotatable bonds is 5. The van der Waals surface area contributed by atoms with Crippen molar-refractivity contribution >= 4 is 29.3 Å². The zero-order valence-corrected chi connectivity index (χ0v) is 11.1. The number of nitrogens with zero attached hydrogens (tertiary/aromatic N) is 3. The maximum atomic E-state index is 11.9. The van der Waals surface area contributed by atoms with Gasteiger partial charge in [-0.15, -0.1) is 21.5 Å². The average molecular weight is 296 g/mol. The van der Waals surface area contributed by atoms with E-state index in [0.717, 1.165) is 16.4 Å². The molecule has 2 aromatic rings. The molecule has 0 aliphatic rings. The molecule has 2 aromatic heterocycles. The number of aromatic nitrogens is 3. The van der Waals surface area contributed by atoms with Crippen LogP contribution >= 0.6 is 11.8 Å². The molecular formula is C11H12N4O4S. The topological polar surface area (TPSA) is 120 Å². The quantitative estimate of drug-likeness (QED) is 0.747. The fourth-order valence-electron chi connectivity index (χ4n) is 1.49. The molecule has 9 heteroatoms. The van der Waals surface area contributed by atoms with Gasteiger partial charge in [-0.25, -0.2) is 9.20 Å². The standard InChI is InChI=1S/C11H12N4O4S/c12-7(10(17)18)5-20-6-9(16)15-11(19)14-4-2-1-3-8(14)13-15/h1-4,7H,5-6,12H2,(H,17,18)/t7-/m1/s1. The van der Waals surface area contributed by atoms with Gasteiger partial charge in [0.1, 0.15) is 6.04 Å². The minimum absolute atomic E-state index is 0.0647. The van der Waals surface area contributed by atoms with Crippen LogP contribution in [-0.4, -0.2) is 48.7 Å². The van der Waals surface area contributed by atoms with E-state index >= 15 is 0 Å². The Balaban J connectivity index is 2.07. The lowest BCUT2D eigenvalue weighted by Crippen LogP contribution is -2.33. The highest BCUT2D eigenvalue weighted by Gasteiger charge is 2.16. The lowest BCUT2D eigenvalue weighted by molar-refractivity contribution is -0.137. The summed E-state index contributed by atoms with van der Waals surface area (Å²) in [6.45, 7) is 0. The number of aliphatic carboxylic acids is 1. The van der Waals surface area contributed by atoms with Crippen molar-refractivity contribution in [3.05, 3.63) is 34.9 Å². The van der Waals surface area contributed by atoms with E-state index in [2.05, 4.69) is 5.10 Å². The highest BCUT2D eigenvalue weighted by Crippen LogP contribution is 2.03. The Morgan fingerprint density at radius 2 is 2.20 bits per heavy atom. The van der Waals surface area contributed by atoms with Crippen molar-refractivity contribution in [1.29, 1.82) is 0 Å². The second-order valence-corrected chi connectivity index (χ2v) is 5.01. The van der Waals surface area contributed by atoms with E-state index in [1.165, 1.54) is 10.6 Å². The van der Waals surface area contributed by atoms with Gasteiger partial charge in [0.15, 0.2) is 5.65 Å². The zero-order chi connectivity index (χ0) is 14.7. The van der Waals surface area contributed by atoms with Gasteiger partial charge in [-0.05, 0) is 12.1 Å². The maximum absolute atomic E-state index is 11.9. The van der Waals surface area contributed by atoms with E-state index in [1.807, 2.05) is 0 Å². The molecule has 106 valence electrons. The zero-order valence-electron chi connectivity index (χ0n) is 10.3. The number of fused-ring (bicyclic) bond motifs is 1. The van der Waals surface area contributed by atoms with E-state index in [1.54, 1.807) is 18.2 Å². The number of nitrogens with two attached hydrogens (primary N) is 1. The first kappa shape index (κ1) is 14.3. The van der Waals surface area contributed by atoms with Crippen molar-refractivity contribution in [3.8, 4) is 0 Å². The summed E-state index contributed by atoms with van der Waals surface area (Å²) >= 11 is 1.05. The Hall–Kier alpha value is -2.13. The third kappa shape index (κ3) is 2.89. The van der Waals surface area contributed by atoms with Crippen LogP contribution in [0.15, 0.2) is 29.2 Å². The summed E-state index contributed by atoms with van der Waals surface area (Å²) in [7, 11) is 0. The first-order valence-electron chi connectivity index (χ1n) is 5.66. The smallest absolute Gasteiger partial charge is 0.357 e. The minimum atomic E-state index is -1.13. The maximum Gasteiger partial charge on any atom is 0.357 e. The molecular weight excluding hydrogens is 284 g/mol. The SMILES string of the molecule is N[C@H](CSCC(=O)n1nc2ccccn2c1=O)C(=O)O. The molecule has 0 saturated heterocycles. The Bertz CT molecular complexity index is 708. The average Bonchev–Trinajstić information content (AvgIpc) is 2.76. The van der Waals surface area contributed by atoms with Gasteiger partial charge in [0.05, 0.1) is 5.75 Å². The molecule has 3 N–H and O–H groups in total. The molecule has 0 aromatic carbocycles. The molecule has 2 rings (SSSR count). The second kappa shape index (κ2) is 5.88. The third-order valence-electron chi connectivity index (χ3n) is 2.50. The number of thioether (sulfide) groups is 1. The molecule has 0 unspecified atom stereocenters. The van der Waals surface area contributed by atoms with Gasteiger partial charge in [-0.3, -0.25) is 9.59 Å². The predicted octanol–water partition coefficient (Wildman–Crippen LogP) is -0.719. The molecule has 0 fully saturated rings. The summed E-state index contributed by atoms with van der Waals surface area (Å²) in [6.07, 6.45) is 1.52. The monoisotopic (exact) mass is 296 g/mol. The summed E-state index contributed by atoms with van der Waals surface area (Å²) in [6, 6.07) is 3.94. The molecule has 2 heterocycles. The first-order chi connectivity index (χ1) is 9.50. The van der Waals surface area contributed by atoms with Crippen molar-refractivity contribution in [2.45, 2.75) is 6.04 Å². The van der Waals surface area contributed by atoms with Crippen LogP contribution in [0.2, 0.25) is 0 Å². The molecule has 1 atom stereocenters. The molecule has 0 bridgehead atoms. The molecule has 0 radical (unpaired) electrons. The second-order valence-electron chi connectivity index (χ2n) is 3.98. The molecule has 8 nitrogen and oxygen atoms in total. The van der Waals surface area contributed by atoms with Gasteiger partial charge < -0.3 is 10.8 Å². The molecule has 0 amide bonds. The van der Waals surface area contributed by atoms with Crippen LogP contribution in [0.4, 0.5) is 0 Å². The summed E-state index contributed by atoms with van der Waals surface area (Å²) in [4.78, 5) is 34.3. The third-order valence-corrected chi connectivity index (χ3v) is 3.55. The van der Waals surface area contributed by atoms with E-state index in [4.69, 9.17) is 10.8 Å². The predicted molar refractivity (Wildman–Crippen MR) is 73.0 cm³/mol. The van der Waals surface area contributed by atoms with Gasteiger partial charge in [-0.1, -0.05) is 6.07 Å². The van der Waals surface area contributed by atoms with Crippen LogP contribution in [0.1, 0.15) is 4.79 Å². The van der Waals surface area contributed by atoms with Crippen LogP contribution in [0.3, 0.4) is 0 Å². The molecule has 0 aliphatic carbocycles. The lowest BCUT2D eigenvalue weighted by Gasteiger charge is -2.04. The van der Waals surface area contributed by atoms with Crippen molar-refractivity contribution < 1.29 is 14.7 Å². The first-order valence-corrected chi connectivity index (χ1v) is 6.82. The molecule has 0 saturated carbocycles. The molecule has 20 heavy (non-hydrogen) atoms. The van der Waals surface area contributed by atoms with Crippen LogP contribution in [0.5, 0.6) is 0 Å². The van der Waals surface area contributed by atoms with Crippen LogP contribution in [-0.2, 0) is 4.79 Å². The van der Waals surface area contributed by atoms with E-state index < -0.39 is 23.6 Å². The summed E-state index contributed by atoms with van der Waals surface area (Å²) in [5, 5.41) is 12.5. The fraction of sp³-hybridized carbons (Fsp3) is 0.273. The van der Waals surface area contributed by atoms with Gasteiger partial charge >= 0.3 is 11.7 Å². The summed E-state index contributed by atoms with van der Waals surface area (Å²) in [5.41, 5.74) is 5.14.